The highest BCUT2D eigenvalue weighted by Gasteiger charge is 2.16. The van der Waals surface area contributed by atoms with Crippen LogP contribution in [0.5, 0.6) is 0 Å². The van der Waals surface area contributed by atoms with Crippen molar-refractivity contribution in [1.29, 1.82) is 0 Å². The average Bonchev–Trinajstić information content (AvgIpc) is 3.22. The molecule has 0 unspecified atom stereocenters. The number of nitrogens with one attached hydrogen (secondary N) is 1. The highest BCUT2D eigenvalue weighted by atomic mass is 32.1. The first kappa shape index (κ1) is 20.7. The molecule has 3 aromatic rings. The smallest absolute Gasteiger partial charge is 0.312 e. The van der Waals surface area contributed by atoms with Crippen molar-refractivity contribution in [2.24, 2.45) is 0 Å². The fourth-order valence-electron chi connectivity index (χ4n) is 2.89. The number of hydrogen-bond donors (Lipinski definition) is 1. The SMILES string of the molecule is CCC[C@H](NC(=O)COC(=O)Cc1csc(-c2cccnc2)n1)c1ccccc1. The van der Waals surface area contributed by atoms with Crippen LogP contribution in [0.2, 0.25) is 0 Å². The van der Waals surface area contributed by atoms with E-state index in [9.17, 15) is 9.59 Å². The van der Waals surface area contributed by atoms with Crippen LogP contribution in [-0.4, -0.2) is 28.5 Å². The van der Waals surface area contributed by atoms with Crippen LogP contribution in [0.3, 0.4) is 0 Å². The highest BCUT2D eigenvalue weighted by Crippen LogP contribution is 2.23. The molecule has 0 saturated heterocycles. The van der Waals surface area contributed by atoms with Crippen molar-refractivity contribution in [2.45, 2.75) is 32.2 Å². The molecule has 0 fully saturated rings. The predicted octanol–water partition coefficient (Wildman–Crippen LogP) is 3.95. The van der Waals surface area contributed by atoms with Gasteiger partial charge in [-0.05, 0) is 24.1 Å². The van der Waals surface area contributed by atoms with Crippen LogP contribution in [0, 0.1) is 0 Å². The van der Waals surface area contributed by atoms with Gasteiger partial charge in [-0.3, -0.25) is 14.6 Å². The molecule has 29 heavy (non-hydrogen) atoms. The molecule has 0 aliphatic rings. The second-order valence-corrected chi connectivity index (χ2v) is 7.40. The predicted molar refractivity (Wildman–Crippen MR) is 112 cm³/mol. The molecular weight excluding hydrogens is 386 g/mol. The number of nitrogens with zero attached hydrogens (tertiary/aromatic N) is 2. The van der Waals surface area contributed by atoms with Gasteiger partial charge >= 0.3 is 5.97 Å². The minimum atomic E-state index is -0.477. The van der Waals surface area contributed by atoms with Crippen molar-refractivity contribution >= 4 is 23.2 Å². The molecule has 0 radical (unpaired) electrons. The molecule has 2 heterocycles. The summed E-state index contributed by atoms with van der Waals surface area (Å²) in [7, 11) is 0. The summed E-state index contributed by atoms with van der Waals surface area (Å²) >= 11 is 1.44. The monoisotopic (exact) mass is 409 g/mol. The van der Waals surface area contributed by atoms with E-state index in [1.807, 2.05) is 47.8 Å². The largest absolute Gasteiger partial charge is 0.455 e. The second-order valence-electron chi connectivity index (χ2n) is 6.54. The van der Waals surface area contributed by atoms with Crippen molar-refractivity contribution in [2.75, 3.05) is 6.61 Å². The molecule has 3 rings (SSSR count). The number of carbonyl (C=O) groups is 2. The van der Waals surface area contributed by atoms with E-state index in [2.05, 4.69) is 22.2 Å². The molecule has 1 amide bonds. The lowest BCUT2D eigenvalue weighted by atomic mass is 10.0. The summed E-state index contributed by atoms with van der Waals surface area (Å²) in [6, 6.07) is 13.4. The lowest BCUT2D eigenvalue weighted by Gasteiger charge is -2.18. The number of pyridine rings is 1. The van der Waals surface area contributed by atoms with E-state index in [0.29, 0.717) is 5.69 Å². The third kappa shape index (κ3) is 6.22. The molecule has 0 aliphatic carbocycles. The Bertz CT molecular complexity index is 929. The molecule has 150 valence electrons. The summed E-state index contributed by atoms with van der Waals surface area (Å²) in [5.41, 5.74) is 2.56. The summed E-state index contributed by atoms with van der Waals surface area (Å²) < 4.78 is 5.14. The first-order valence-corrected chi connectivity index (χ1v) is 10.4. The molecule has 1 aromatic carbocycles. The Hall–Kier alpha value is -3.06. The normalized spacial score (nSPS) is 11.6. The molecule has 1 N–H and O–H groups in total. The number of aromatic nitrogens is 2. The number of esters is 1. The maximum Gasteiger partial charge on any atom is 0.312 e. The number of rotatable bonds is 9. The van der Waals surface area contributed by atoms with E-state index in [1.165, 1.54) is 11.3 Å². The quantitative estimate of drug-likeness (QED) is 0.541. The maximum atomic E-state index is 12.2. The number of benzene rings is 1. The zero-order chi connectivity index (χ0) is 20.5. The van der Waals surface area contributed by atoms with Crippen molar-refractivity contribution < 1.29 is 14.3 Å². The molecule has 6 nitrogen and oxygen atoms in total. The van der Waals surface area contributed by atoms with Gasteiger partial charge in [-0.25, -0.2) is 4.98 Å². The number of thiazole rings is 1. The first-order valence-electron chi connectivity index (χ1n) is 9.50. The van der Waals surface area contributed by atoms with Crippen molar-refractivity contribution in [1.82, 2.24) is 15.3 Å². The van der Waals surface area contributed by atoms with Crippen LogP contribution < -0.4 is 5.32 Å². The van der Waals surface area contributed by atoms with Gasteiger partial charge in [0.2, 0.25) is 0 Å². The number of ether oxygens (including phenoxy) is 1. The highest BCUT2D eigenvalue weighted by molar-refractivity contribution is 7.13. The van der Waals surface area contributed by atoms with Crippen LogP contribution in [-0.2, 0) is 20.7 Å². The molecule has 7 heteroatoms. The van der Waals surface area contributed by atoms with E-state index < -0.39 is 5.97 Å². The Kier molecular flexibility index (Phi) is 7.47. The van der Waals surface area contributed by atoms with Gasteiger partial charge in [0, 0.05) is 23.3 Å². The maximum absolute atomic E-state index is 12.2. The van der Waals surface area contributed by atoms with Crippen LogP contribution >= 0.6 is 11.3 Å². The summed E-state index contributed by atoms with van der Waals surface area (Å²) in [6.07, 6.45) is 5.21. The van der Waals surface area contributed by atoms with Crippen molar-refractivity contribution in [3.8, 4) is 10.6 Å². The van der Waals surface area contributed by atoms with Crippen molar-refractivity contribution in [3.05, 3.63) is 71.5 Å². The molecule has 0 spiro atoms. The van der Waals surface area contributed by atoms with Gasteiger partial charge in [0.25, 0.3) is 5.91 Å². The summed E-state index contributed by atoms with van der Waals surface area (Å²) in [5.74, 6) is -0.787. The summed E-state index contributed by atoms with van der Waals surface area (Å²) in [5, 5.41) is 5.55. The van der Waals surface area contributed by atoms with Crippen LogP contribution in [0.15, 0.2) is 60.2 Å². The zero-order valence-corrected chi connectivity index (χ0v) is 17.0. The zero-order valence-electron chi connectivity index (χ0n) is 16.2. The molecule has 0 aliphatic heterocycles. The van der Waals surface area contributed by atoms with E-state index in [1.54, 1.807) is 12.4 Å². The number of hydrogen-bond acceptors (Lipinski definition) is 6. The second kappa shape index (κ2) is 10.5. The van der Waals surface area contributed by atoms with Gasteiger partial charge in [0.05, 0.1) is 18.2 Å². The minimum Gasteiger partial charge on any atom is -0.455 e. The van der Waals surface area contributed by atoms with Crippen LogP contribution in [0.4, 0.5) is 0 Å². The Balaban J connectivity index is 1.49. The number of amides is 1. The molecule has 1 atom stereocenters. The lowest BCUT2D eigenvalue weighted by molar-refractivity contribution is -0.148. The van der Waals surface area contributed by atoms with E-state index in [-0.39, 0.29) is 25.0 Å². The molecule has 2 aromatic heterocycles. The Morgan fingerprint density at radius 1 is 1.17 bits per heavy atom. The van der Waals surface area contributed by atoms with Gasteiger partial charge in [0.15, 0.2) is 6.61 Å². The minimum absolute atomic E-state index is 0.0289. The average molecular weight is 410 g/mol. The standard InChI is InChI=1S/C22H23N3O3S/c1-2-7-19(16-8-4-3-5-9-16)25-20(26)14-28-21(27)12-18-15-29-22(24-18)17-10-6-11-23-13-17/h3-6,8-11,13,15,19H,2,7,12,14H2,1H3,(H,25,26)/t19-/m0/s1. The van der Waals surface area contributed by atoms with E-state index in [0.717, 1.165) is 29.0 Å². The Labute approximate surface area is 174 Å². The fourth-order valence-corrected chi connectivity index (χ4v) is 3.70. The molecular formula is C22H23N3O3S. The van der Waals surface area contributed by atoms with Gasteiger partial charge < -0.3 is 10.1 Å². The van der Waals surface area contributed by atoms with Gasteiger partial charge in [-0.15, -0.1) is 11.3 Å². The summed E-state index contributed by atoms with van der Waals surface area (Å²) in [4.78, 5) is 32.8. The van der Waals surface area contributed by atoms with Gasteiger partial charge in [-0.1, -0.05) is 43.7 Å². The first-order chi connectivity index (χ1) is 14.2. The molecule has 0 bridgehead atoms. The fraction of sp³-hybridized carbons (Fsp3) is 0.273. The third-order valence-electron chi connectivity index (χ3n) is 4.26. The Morgan fingerprint density at radius 2 is 2.00 bits per heavy atom. The Morgan fingerprint density at radius 3 is 2.72 bits per heavy atom. The lowest BCUT2D eigenvalue weighted by Crippen LogP contribution is -2.32. The van der Waals surface area contributed by atoms with E-state index >= 15 is 0 Å². The van der Waals surface area contributed by atoms with Crippen LogP contribution in [0.1, 0.15) is 37.1 Å². The van der Waals surface area contributed by atoms with Gasteiger partial charge in [-0.2, -0.15) is 0 Å². The van der Waals surface area contributed by atoms with Gasteiger partial charge in [0.1, 0.15) is 5.01 Å². The number of carbonyl (C=O) groups excluding carboxylic acids is 2. The topological polar surface area (TPSA) is 81.2 Å². The van der Waals surface area contributed by atoms with Crippen molar-refractivity contribution in [3.63, 3.8) is 0 Å². The van der Waals surface area contributed by atoms with Crippen LogP contribution in [0.25, 0.3) is 10.6 Å². The summed E-state index contributed by atoms with van der Waals surface area (Å²) in [6.45, 7) is 1.77. The third-order valence-corrected chi connectivity index (χ3v) is 5.20. The molecule has 0 saturated carbocycles. The van der Waals surface area contributed by atoms with E-state index in [4.69, 9.17) is 4.74 Å².